The third-order valence-corrected chi connectivity index (χ3v) is 2.95. The Labute approximate surface area is 103 Å². The van der Waals surface area contributed by atoms with Crippen LogP contribution in [0.1, 0.15) is 31.3 Å². The zero-order chi connectivity index (χ0) is 12.1. The number of hydrogen-bond donors (Lipinski definition) is 1. The van der Waals surface area contributed by atoms with E-state index in [1.165, 1.54) is 0 Å². The number of ether oxygens (including phenoxy) is 1. The van der Waals surface area contributed by atoms with Crippen molar-refractivity contribution in [2.24, 2.45) is 5.92 Å². The highest BCUT2D eigenvalue weighted by atomic mass is 16.5. The maximum atomic E-state index is 5.38. The molecular formula is C13H21N3O. The maximum Gasteiger partial charge on any atom is 0.131 e. The normalized spacial score (nSPS) is 19.5. The van der Waals surface area contributed by atoms with Crippen molar-refractivity contribution in [2.45, 2.75) is 33.1 Å². The standard InChI is InChI=1S/C13H21N3O/c1-3-5-14-12-7-10(2)15-13(16-12)8-11-4-6-17-9-11/h7,11H,3-6,8-9H2,1-2H3,(H,14,15,16). The van der Waals surface area contributed by atoms with Crippen molar-refractivity contribution in [1.29, 1.82) is 0 Å². The largest absolute Gasteiger partial charge is 0.381 e. The van der Waals surface area contributed by atoms with Crippen molar-refractivity contribution in [2.75, 3.05) is 25.1 Å². The first-order valence-electron chi connectivity index (χ1n) is 6.44. The Kier molecular flexibility index (Phi) is 4.31. The number of nitrogens with one attached hydrogen (secondary N) is 1. The number of hydrogen-bond acceptors (Lipinski definition) is 4. The van der Waals surface area contributed by atoms with Crippen molar-refractivity contribution in [3.8, 4) is 0 Å². The van der Waals surface area contributed by atoms with Gasteiger partial charge in [0.25, 0.3) is 0 Å². The molecule has 2 rings (SSSR count). The topological polar surface area (TPSA) is 47.0 Å². The Bertz CT molecular complexity index is 362. The van der Waals surface area contributed by atoms with Gasteiger partial charge in [0.15, 0.2) is 0 Å². The molecule has 2 heterocycles. The van der Waals surface area contributed by atoms with Crippen LogP contribution in [0.4, 0.5) is 5.82 Å². The second-order valence-electron chi connectivity index (χ2n) is 4.67. The Morgan fingerprint density at radius 2 is 2.35 bits per heavy atom. The molecule has 1 saturated heterocycles. The van der Waals surface area contributed by atoms with Crippen molar-refractivity contribution >= 4 is 5.82 Å². The van der Waals surface area contributed by atoms with Crippen LogP contribution in [0.15, 0.2) is 6.07 Å². The Morgan fingerprint density at radius 3 is 3.06 bits per heavy atom. The molecule has 4 heteroatoms. The van der Waals surface area contributed by atoms with E-state index >= 15 is 0 Å². The van der Waals surface area contributed by atoms with Crippen LogP contribution in [-0.2, 0) is 11.2 Å². The predicted molar refractivity (Wildman–Crippen MR) is 68.2 cm³/mol. The molecule has 0 bridgehead atoms. The van der Waals surface area contributed by atoms with Crippen molar-refractivity contribution < 1.29 is 4.74 Å². The van der Waals surface area contributed by atoms with Crippen molar-refractivity contribution in [3.63, 3.8) is 0 Å². The smallest absolute Gasteiger partial charge is 0.131 e. The number of aromatic nitrogens is 2. The van der Waals surface area contributed by atoms with Gasteiger partial charge in [0, 0.05) is 37.9 Å². The Balaban J connectivity index is 2.02. The third kappa shape index (κ3) is 3.66. The van der Waals surface area contributed by atoms with Crippen LogP contribution >= 0.6 is 0 Å². The lowest BCUT2D eigenvalue weighted by Crippen LogP contribution is -2.10. The highest BCUT2D eigenvalue weighted by Gasteiger charge is 2.17. The highest BCUT2D eigenvalue weighted by molar-refractivity contribution is 5.35. The van der Waals surface area contributed by atoms with Gasteiger partial charge in [-0.2, -0.15) is 0 Å². The van der Waals surface area contributed by atoms with Gasteiger partial charge >= 0.3 is 0 Å². The van der Waals surface area contributed by atoms with E-state index in [0.717, 1.165) is 56.4 Å². The zero-order valence-electron chi connectivity index (χ0n) is 10.7. The minimum atomic E-state index is 0.593. The van der Waals surface area contributed by atoms with Crippen LogP contribution in [0.3, 0.4) is 0 Å². The quantitative estimate of drug-likeness (QED) is 0.849. The van der Waals surface area contributed by atoms with E-state index in [1.807, 2.05) is 13.0 Å². The van der Waals surface area contributed by atoms with Crippen molar-refractivity contribution in [3.05, 3.63) is 17.6 Å². The molecule has 0 saturated carbocycles. The first kappa shape index (κ1) is 12.3. The molecule has 4 nitrogen and oxygen atoms in total. The van der Waals surface area contributed by atoms with Crippen LogP contribution in [0, 0.1) is 12.8 Å². The van der Waals surface area contributed by atoms with Crippen LogP contribution in [0.25, 0.3) is 0 Å². The summed E-state index contributed by atoms with van der Waals surface area (Å²) in [7, 11) is 0. The van der Waals surface area contributed by atoms with Gasteiger partial charge in [-0.1, -0.05) is 6.92 Å². The molecule has 1 N–H and O–H groups in total. The Hall–Kier alpha value is -1.16. The fourth-order valence-electron chi connectivity index (χ4n) is 2.07. The monoisotopic (exact) mass is 235 g/mol. The summed E-state index contributed by atoms with van der Waals surface area (Å²) < 4.78 is 5.38. The minimum Gasteiger partial charge on any atom is -0.381 e. The fourth-order valence-corrected chi connectivity index (χ4v) is 2.07. The van der Waals surface area contributed by atoms with Gasteiger partial charge in [-0.25, -0.2) is 9.97 Å². The summed E-state index contributed by atoms with van der Waals surface area (Å²) in [6.07, 6.45) is 3.17. The lowest BCUT2D eigenvalue weighted by Gasteiger charge is -2.10. The van der Waals surface area contributed by atoms with Crippen LogP contribution < -0.4 is 5.32 Å². The third-order valence-electron chi connectivity index (χ3n) is 2.95. The van der Waals surface area contributed by atoms with E-state index in [-0.39, 0.29) is 0 Å². The molecule has 1 aromatic heterocycles. The molecule has 1 aliphatic rings. The molecule has 1 aromatic rings. The summed E-state index contributed by atoms with van der Waals surface area (Å²) in [5, 5.41) is 3.32. The molecule has 0 spiro atoms. The average molecular weight is 235 g/mol. The molecule has 0 amide bonds. The molecule has 0 aliphatic carbocycles. The van der Waals surface area contributed by atoms with E-state index in [0.29, 0.717) is 5.92 Å². The maximum absolute atomic E-state index is 5.38. The van der Waals surface area contributed by atoms with E-state index in [9.17, 15) is 0 Å². The van der Waals surface area contributed by atoms with Crippen LogP contribution in [-0.4, -0.2) is 29.7 Å². The van der Waals surface area contributed by atoms with Crippen LogP contribution in [0.5, 0.6) is 0 Å². The molecule has 1 atom stereocenters. The van der Waals surface area contributed by atoms with Gasteiger partial charge in [0.05, 0.1) is 0 Å². The number of nitrogens with zero attached hydrogens (tertiary/aromatic N) is 2. The van der Waals surface area contributed by atoms with Gasteiger partial charge in [0.2, 0.25) is 0 Å². The van der Waals surface area contributed by atoms with Gasteiger partial charge in [0.1, 0.15) is 11.6 Å². The molecule has 94 valence electrons. The summed E-state index contributed by atoms with van der Waals surface area (Å²) in [6.45, 7) is 6.88. The molecule has 1 unspecified atom stereocenters. The zero-order valence-corrected chi connectivity index (χ0v) is 10.7. The highest BCUT2D eigenvalue weighted by Crippen LogP contribution is 2.17. The molecule has 1 fully saturated rings. The van der Waals surface area contributed by atoms with E-state index in [1.54, 1.807) is 0 Å². The summed E-state index contributed by atoms with van der Waals surface area (Å²) in [4.78, 5) is 9.06. The van der Waals surface area contributed by atoms with Gasteiger partial charge < -0.3 is 10.1 Å². The minimum absolute atomic E-state index is 0.593. The molecule has 1 aliphatic heterocycles. The summed E-state index contributed by atoms with van der Waals surface area (Å²) in [5.41, 5.74) is 1.03. The van der Waals surface area contributed by atoms with Gasteiger partial charge in [-0.3, -0.25) is 0 Å². The molecule has 0 aromatic carbocycles. The van der Waals surface area contributed by atoms with Crippen LogP contribution in [0.2, 0.25) is 0 Å². The Morgan fingerprint density at radius 1 is 1.47 bits per heavy atom. The van der Waals surface area contributed by atoms with Gasteiger partial charge in [-0.05, 0) is 25.7 Å². The summed E-state index contributed by atoms with van der Waals surface area (Å²) >= 11 is 0. The van der Waals surface area contributed by atoms with E-state index in [4.69, 9.17) is 4.74 Å². The SMILES string of the molecule is CCCNc1cc(C)nc(CC2CCOC2)n1. The van der Waals surface area contributed by atoms with E-state index < -0.39 is 0 Å². The molecule has 17 heavy (non-hydrogen) atoms. The van der Waals surface area contributed by atoms with E-state index in [2.05, 4.69) is 22.2 Å². The predicted octanol–water partition coefficient (Wildman–Crippen LogP) is 2.19. The lowest BCUT2D eigenvalue weighted by atomic mass is 10.0. The first-order valence-corrected chi connectivity index (χ1v) is 6.44. The number of rotatable bonds is 5. The average Bonchev–Trinajstić information content (AvgIpc) is 2.78. The second-order valence-corrected chi connectivity index (χ2v) is 4.67. The number of aryl methyl sites for hydroxylation is 1. The number of anilines is 1. The van der Waals surface area contributed by atoms with Gasteiger partial charge in [-0.15, -0.1) is 0 Å². The second kappa shape index (κ2) is 5.96. The summed E-state index contributed by atoms with van der Waals surface area (Å²) in [6, 6.07) is 2.00. The lowest BCUT2D eigenvalue weighted by molar-refractivity contribution is 0.185. The molecule has 0 radical (unpaired) electrons. The van der Waals surface area contributed by atoms with Crippen molar-refractivity contribution in [1.82, 2.24) is 9.97 Å². The fraction of sp³-hybridized carbons (Fsp3) is 0.692. The first-order chi connectivity index (χ1) is 8.28. The summed E-state index contributed by atoms with van der Waals surface area (Å²) in [5.74, 6) is 2.49. The molecular weight excluding hydrogens is 214 g/mol.